The van der Waals surface area contributed by atoms with Crippen molar-refractivity contribution in [2.24, 2.45) is 0 Å². The van der Waals surface area contributed by atoms with Crippen molar-refractivity contribution in [3.05, 3.63) is 35.6 Å². The molecule has 0 unspecified atom stereocenters. The van der Waals surface area contributed by atoms with E-state index in [0.29, 0.717) is 0 Å². The number of hydrogen-bond acceptors (Lipinski definition) is 2. The third kappa shape index (κ3) is 1.80. The number of fused-ring (bicyclic) bond motifs is 1. The summed E-state index contributed by atoms with van der Waals surface area (Å²) in [6.45, 7) is 2.20. The Labute approximate surface area is 83.2 Å². The van der Waals surface area contributed by atoms with Crippen molar-refractivity contribution < 1.29 is 9.52 Å². The average Bonchev–Trinajstić information content (AvgIpc) is 2.54. The first-order chi connectivity index (χ1) is 6.79. The SMILES string of the molecule is Cc1cc2cc(CCCO)ccc2o1. The second-order valence-electron chi connectivity index (χ2n) is 3.56. The summed E-state index contributed by atoms with van der Waals surface area (Å²) in [6, 6.07) is 8.22. The highest BCUT2D eigenvalue weighted by Gasteiger charge is 2.01. The lowest BCUT2D eigenvalue weighted by molar-refractivity contribution is 0.288. The number of furan rings is 1. The van der Waals surface area contributed by atoms with Gasteiger partial charge in [-0.15, -0.1) is 0 Å². The molecule has 0 spiro atoms. The van der Waals surface area contributed by atoms with Crippen LogP contribution in [0.25, 0.3) is 11.0 Å². The van der Waals surface area contributed by atoms with Crippen LogP contribution < -0.4 is 0 Å². The third-order valence-electron chi connectivity index (χ3n) is 2.33. The molecule has 74 valence electrons. The summed E-state index contributed by atoms with van der Waals surface area (Å²) >= 11 is 0. The minimum Gasteiger partial charge on any atom is -0.461 e. The molecule has 2 heteroatoms. The van der Waals surface area contributed by atoms with E-state index in [1.165, 1.54) is 5.56 Å². The Bertz CT molecular complexity index is 429. The molecule has 0 radical (unpaired) electrons. The third-order valence-corrected chi connectivity index (χ3v) is 2.33. The van der Waals surface area contributed by atoms with Gasteiger partial charge in [0.05, 0.1) is 0 Å². The van der Waals surface area contributed by atoms with Crippen LogP contribution in [0.5, 0.6) is 0 Å². The lowest BCUT2D eigenvalue weighted by atomic mass is 10.1. The summed E-state index contributed by atoms with van der Waals surface area (Å²) < 4.78 is 5.48. The maximum absolute atomic E-state index is 8.73. The molecule has 1 aromatic heterocycles. The van der Waals surface area contributed by atoms with Gasteiger partial charge >= 0.3 is 0 Å². The summed E-state index contributed by atoms with van der Waals surface area (Å²) in [5, 5.41) is 9.88. The van der Waals surface area contributed by atoms with E-state index in [-0.39, 0.29) is 6.61 Å². The lowest BCUT2D eigenvalue weighted by Crippen LogP contribution is -1.88. The quantitative estimate of drug-likeness (QED) is 0.807. The number of aliphatic hydroxyl groups is 1. The average molecular weight is 190 g/mol. The Morgan fingerprint density at radius 2 is 2.14 bits per heavy atom. The van der Waals surface area contributed by atoms with Gasteiger partial charge in [0.15, 0.2) is 0 Å². The van der Waals surface area contributed by atoms with E-state index < -0.39 is 0 Å². The molecule has 0 atom stereocenters. The molecule has 2 aromatic rings. The van der Waals surface area contributed by atoms with Gasteiger partial charge in [-0.3, -0.25) is 0 Å². The molecule has 0 fully saturated rings. The molecule has 0 bridgehead atoms. The van der Waals surface area contributed by atoms with E-state index in [0.717, 1.165) is 29.6 Å². The number of aryl methyl sites for hydroxylation is 2. The Morgan fingerprint density at radius 3 is 2.93 bits per heavy atom. The van der Waals surface area contributed by atoms with Crippen molar-refractivity contribution in [1.29, 1.82) is 0 Å². The molecule has 0 saturated carbocycles. The lowest BCUT2D eigenvalue weighted by Gasteiger charge is -1.98. The summed E-state index contributed by atoms with van der Waals surface area (Å²) in [6.07, 6.45) is 1.75. The molecule has 0 amide bonds. The van der Waals surface area contributed by atoms with Crippen LogP contribution in [-0.4, -0.2) is 11.7 Å². The van der Waals surface area contributed by atoms with Crippen LogP contribution in [0.1, 0.15) is 17.7 Å². The molecule has 1 aromatic carbocycles. The molecule has 14 heavy (non-hydrogen) atoms. The number of benzene rings is 1. The predicted octanol–water partition coefficient (Wildman–Crippen LogP) is 2.67. The zero-order chi connectivity index (χ0) is 9.97. The van der Waals surface area contributed by atoms with Gasteiger partial charge in [-0.05, 0) is 43.5 Å². The molecule has 1 N–H and O–H groups in total. The molecular formula is C12H14O2. The van der Waals surface area contributed by atoms with E-state index in [1.54, 1.807) is 0 Å². The van der Waals surface area contributed by atoms with E-state index in [4.69, 9.17) is 9.52 Å². The van der Waals surface area contributed by atoms with Crippen LogP contribution in [0.3, 0.4) is 0 Å². The first-order valence-electron chi connectivity index (χ1n) is 4.89. The summed E-state index contributed by atoms with van der Waals surface area (Å²) in [4.78, 5) is 0. The summed E-state index contributed by atoms with van der Waals surface area (Å²) in [7, 11) is 0. The van der Waals surface area contributed by atoms with Crippen molar-refractivity contribution >= 4 is 11.0 Å². The maximum atomic E-state index is 8.73. The van der Waals surface area contributed by atoms with E-state index in [9.17, 15) is 0 Å². The number of rotatable bonds is 3. The molecule has 0 aliphatic heterocycles. The minimum atomic E-state index is 0.252. The molecule has 1 heterocycles. The molecule has 0 aliphatic carbocycles. The highest BCUT2D eigenvalue weighted by molar-refractivity contribution is 5.78. The van der Waals surface area contributed by atoms with Crippen molar-refractivity contribution in [3.8, 4) is 0 Å². The van der Waals surface area contributed by atoms with E-state index in [1.807, 2.05) is 19.1 Å². The highest BCUT2D eigenvalue weighted by atomic mass is 16.3. The van der Waals surface area contributed by atoms with Crippen LogP contribution in [-0.2, 0) is 6.42 Å². The Kier molecular flexibility index (Phi) is 2.55. The summed E-state index contributed by atoms with van der Waals surface area (Å²) in [5.41, 5.74) is 2.20. The van der Waals surface area contributed by atoms with Crippen molar-refractivity contribution in [3.63, 3.8) is 0 Å². The molecule has 0 saturated heterocycles. The maximum Gasteiger partial charge on any atom is 0.134 e. The van der Waals surface area contributed by atoms with Crippen LogP contribution in [0.15, 0.2) is 28.7 Å². The van der Waals surface area contributed by atoms with Gasteiger partial charge in [-0.2, -0.15) is 0 Å². The number of aliphatic hydroxyl groups excluding tert-OH is 1. The van der Waals surface area contributed by atoms with Gasteiger partial charge in [0, 0.05) is 12.0 Å². The Morgan fingerprint density at radius 1 is 1.29 bits per heavy atom. The van der Waals surface area contributed by atoms with Crippen LogP contribution >= 0.6 is 0 Å². The molecule has 2 rings (SSSR count). The van der Waals surface area contributed by atoms with Gasteiger partial charge in [0.2, 0.25) is 0 Å². The van der Waals surface area contributed by atoms with Crippen molar-refractivity contribution in [2.75, 3.05) is 6.61 Å². The second-order valence-corrected chi connectivity index (χ2v) is 3.56. The van der Waals surface area contributed by atoms with Crippen molar-refractivity contribution in [2.45, 2.75) is 19.8 Å². The minimum absolute atomic E-state index is 0.252. The largest absolute Gasteiger partial charge is 0.461 e. The van der Waals surface area contributed by atoms with Gasteiger partial charge in [-0.1, -0.05) is 6.07 Å². The van der Waals surface area contributed by atoms with Gasteiger partial charge in [0.1, 0.15) is 11.3 Å². The standard InChI is InChI=1S/C12H14O2/c1-9-7-11-8-10(3-2-6-13)4-5-12(11)14-9/h4-5,7-8,13H,2-3,6H2,1H3. The fourth-order valence-corrected chi connectivity index (χ4v) is 1.66. The topological polar surface area (TPSA) is 33.4 Å². The highest BCUT2D eigenvalue weighted by Crippen LogP contribution is 2.20. The molecular weight excluding hydrogens is 176 g/mol. The zero-order valence-electron chi connectivity index (χ0n) is 8.29. The monoisotopic (exact) mass is 190 g/mol. The Balaban J connectivity index is 2.31. The normalized spacial score (nSPS) is 11.0. The van der Waals surface area contributed by atoms with Gasteiger partial charge in [-0.25, -0.2) is 0 Å². The first-order valence-corrected chi connectivity index (χ1v) is 4.89. The predicted molar refractivity (Wildman–Crippen MR) is 56.4 cm³/mol. The smallest absolute Gasteiger partial charge is 0.134 e. The fraction of sp³-hybridized carbons (Fsp3) is 0.333. The van der Waals surface area contributed by atoms with Crippen LogP contribution in [0.4, 0.5) is 0 Å². The van der Waals surface area contributed by atoms with Crippen LogP contribution in [0.2, 0.25) is 0 Å². The van der Waals surface area contributed by atoms with Crippen LogP contribution in [0, 0.1) is 6.92 Å². The Hall–Kier alpha value is -1.28. The van der Waals surface area contributed by atoms with Gasteiger partial charge in [0.25, 0.3) is 0 Å². The van der Waals surface area contributed by atoms with Crippen molar-refractivity contribution in [1.82, 2.24) is 0 Å². The second kappa shape index (κ2) is 3.84. The fourth-order valence-electron chi connectivity index (χ4n) is 1.66. The summed E-state index contributed by atoms with van der Waals surface area (Å²) in [5.74, 6) is 0.944. The van der Waals surface area contributed by atoms with E-state index in [2.05, 4.69) is 12.1 Å². The van der Waals surface area contributed by atoms with Gasteiger partial charge < -0.3 is 9.52 Å². The van der Waals surface area contributed by atoms with E-state index >= 15 is 0 Å². The molecule has 0 aliphatic rings. The molecule has 2 nitrogen and oxygen atoms in total. The number of hydrogen-bond donors (Lipinski definition) is 1. The first kappa shape index (κ1) is 9.28. The zero-order valence-corrected chi connectivity index (χ0v) is 8.29.